The van der Waals surface area contributed by atoms with Crippen molar-refractivity contribution in [1.82, 2.24) is 9.88 Å². The molecule has 1 aliphatic rings. The lowest BCUT2D eigenvalue weighted by atomic mass is 10.1. The van der Waals surface area contributed by atoms with Gasteiger partial charge in [-0.2, -0.15) is 0 Å². The van der Waals surface area contributed by atoms with Crippen molar-refractivity contribution < 1.29 is 9.53 Å². The molecule has 1 aromatic carbocycles. The zero-order valence-corrected chi connectivity index (χ0v) is 13.3. The van der Waals surface area contributed by atoms with Crippen molar-refractivity contribution in [2.75, 3.05) is 31.6 Å². The van der Waals surface area contributed by atoms with E-state index in [2.05, 4.69) is 29.4 Å². The van der Waals surface area contributed by atoms with Crippen LogP contribution >= 0.6 is 0 Å². The van der Waals surface area contributed by atoms with Crippen molar-refractivity contribution in [3.63, 3.8) is 0 Å². The van der Waals surface area contributed by atoms with Gasteiger partial charge in [-0.25, -0.2) is 0 Å². The van der Waals surface area contributed by atoms with E-state index in [0.717, 1.165) is 17.8 Å². The third-order valence-corrected chi connectivity index (χ3v) is 3.93. The number of carbonyl (C=O) groups is 1. The molecule has 2 aromatic rings. The van der Waals surface area contributed by atoms with E-state index in [1.165, 1.54) is 5.56 Å². The van der Waals surface area contributed by atoms with E-state index in [1.54, 1.807) is 17.3 Å². The quantitative estimate of drug-likeness (QED) is 0.943. The molecule has 23 heavy (non-hydrogen) atoms. The van der Waals surface area contributed by atoms with Crippen molar-refractivity contribution in [2.24, 2.45) is 0 Å². The summed E-state index contributed by atoms with van der Waals surface area (Å²) in [4.78, 5) is 18.5. The molecular weight excluding hydrogens is 290 g/mol. The fourth-order valence-electron chi connectivity index (χ4n) is 2.56. The van der Waals surface area contributed by atoms with Crippen molar-refractivity contribution in [1.29, 1.82) is 0 Å². The summed E-state index contributed by atoms with van der Waals surface area (Å²) < 4.78 is 5.29. The number of nitrogens with one attached hydrogen (secondary N) is 1. The third kappa shape index (κ3) is 3.87. The number of carbonyl (C=O) groups excluding carboxylic acids is 1. The summed E-state index contributed by atoms with van der Waals surface area (Å²) >= 11 is 0. The molecule has 0 bridgehead atoms. The highest BCUT2D eigenvalue weighted by Gasteiger charge is 2.18. The maximum atomic E-state index is 12.5. The number of anilines is 2. The molecule has 1 fully saturated rings. The monoisotopic (exact) mass is 311 g/mol. The van der Waals surface area contributed by atoms with Gasteiger partial charge in [0, 0.05) is 25.0 Å². The summed E-state index contributed by atoms with van der Waals surface area (Å²) in [7, 11) is 0. The van der Waals surface area contributed by atoms with E-state index in [4.69, 9.17) is 4.74 Å². The zero-order chi connectivity index (χ0) is 16.1. The average molecular weight is 311 g/mol. The molecule has 0 unspecified atom stereocenters. The molecule has 0 radical (unpaired) electrons. The van der Waals surface area contributed by atoms with E-state index in [0.29, 0.717) is 31.9 Å². The lowest BCUT2D eigenvalue weighted by Crippen LogP contribution is -2.40. The van der Waals surface area contributed by atoms with Gasteiger partial charge < -0.3 is 15.0 Å². The van der Waals surface area contributed by atoms with Crippen LogP contribution in [-0.2, 0) is 11.2 Å². The van der Waals surface area contributed by atoms with E-state index in [9.17, 15) is 4.79 Å². The molecule has 5 nitrogen and oxygen atoms in total. The van der Waals surface area contributed by atoms with Gasteiger partial charge in [0.15, 0.2) is 0 Å². The van der Waals surface area contributed by atoms with Crippen molar-refractivity contribution in [2.45, 2.75) is 13.3 Å². The molecule has 0 atom stereocenters. The maximum absolute atomic E-state index is 12.5. The Hall–Kier alpha value is -2.40. The molecule has 1 saturated heterocycles. The number of benzene rings is 1. The number of hydrogen-bond donors (Lipinski definition) is 1. The van der Waals surface area contributed by atoms with Gasteiger partial charge in [-0.15, -0.1) is 0 Å². The van der Waals surface area contributed by atoms with E-state index in [-0.39, 0.29) is 5.91 Å². The van der Waals surface area contributed by atoms with Gasteiger partial charge in [0.2, 0.25) is 0 Å². The summed E-state index contributed by atoms with van der Waals surface area (Å²) in [5, 5.41) is 3.30. The fraction of sp³-hybridized carbons (Fsp3) is 0.333. The fourth-order valence-corrected chi connectivity index (χ4v) is 2.56. The molecule has 2 heterocycles. The normalized spacial score (nSPS) is 14.6. The van der Waals surface area contributed by atoms with Gasteiger partial charge in [0.25, 0.3) is 5.91 Å². The Labute approximate surface area is 136 Å². The van der Waals surface area contributed by atoms with Crippen molar-refractivity contribution in [3.8, 4) is 0 Å². The minimum atomic E-state index is 0.00535. The number of aromatic nitrogens is 1. The lowest BCUT2D eigenvalue weighted by Gasteiger charge is -2.26. The molecule has 120 valence electrons. The SMILES string of the molecule is CCc1ccc(Nc2cncc(C(=O)N3CCOCC3)c2)cc1. The summed E-state index contributed by atoms with van der Waals surface area (Å²) in [6, 6.07) is 10.1. The van der Waals surface area contributed by atoms with Crippen LogP contribution in [0.15, 0.2) is 42.7 Å². The number of hydrogen-bond acceptors (Lipinski definition) is 4. The summed E-state index contributed by atoms with van der Waals surface area (Å²) in [6.07, 6.45) is 4.36. The van der Waals surface area contributed by atoms with Crippen LogP contribution in [0.4, 0.5) is 11.4 Å². The maximum Gasteiger partial charge on any atom is 0.255 e. The largest absolute Gasteiger partial charge is 0.378 e. The number of pyridine rings is 1. The Morgan fingerprint density at radius 1 is 1.17 bits per heavy atom. The van der Waals surface area contributed by atoms with Crippen LogP contribution in [0.5, 0.6) is 0 Å². The molecule has 0 spiro atoms. The standard InChI is InChI=1S/C18H21N3O2/c1-2-14-3-5-16(6-4-14)20-17-11-15(12-19-13-17)18(22)21-7-9-23-10-8-21/h3-6,11-13,20H,2,7-10H2,1H3. The summed E-state index contributed by atoms with van der Waals surface area (Å²) in [5.74, 6) is 0.00535. The van der Waals surface area contributed by atoms with Crippen LogP contribution in [0.3, 0.4) is 0 Å². The van der Waals surface area contributed by atoms with Gasteiger partial charge >= 0.3 is 0 Å². The summed E-state index contributed by atoms with van der Waals surface area (Å²) in [6.45, 7) is 4.60. The number of aryl methyl sites for hydroxylation is 1. The van der Waals surface area contributed by atoms with Gasteiger partial charge in [-0.3, -0.25) is 9.78 Å². The molecule has 0 saturated carbocycles. The first-order valence-corrected chi connectivity index (χ1v) is 7.94. The highest BCUT2D eigenvalue weighted by molar-refractivity contribution is 5.95. The van der Waals surface area contributed by atoms with Gasteiger partial charge in [-0.1, -0.05) is 19.1 Å². The molecule has 1 N–H and O–H groups in total. The molecule has 1 aliphatic heterocycles. The summed E-state index contributed by atoms with van der Waals surface area (Å²) in [5.41, 5.74) is 3.69. The predicted molar refractivity (Wildman–Crippen MR) is 90.1 cm³/mol. The molecule has 1 amide bonds. The second-order valence-electron chi connectivity index (χ2n) is 5.54. The Balaban J connectivity index is 1.72. The average Bonchev–Trinajstić information content (AvgIpc) is 2.63. The number of morpholine rings is 1. The first kappa shape index (κ1) is 15.5. The minimum absolute atomic E-state index is 0.00535. The van der Waals surface area contributed by atoms with Crippen LogP contribution < -0.4 is 5.32 Å². The Kier molecular flexibility index (Phi) is 4.88. The molecule has 5 heteroatoms. The van der Waals surface area contributed by atoms with Crippen LogP contribution in [0.1, 0.15) is 22.8 Å². The first-order chi connectivity index (χ1) is 11.3. The Morgan fingerprint density at radius 2 is 1.91 bits per heavy atom. The molecule has 0 aliphatic carbocycles. The minimum Gasteiger partial charge on any atom is -0.378 e. The number of amides is 1. The third-order valence-electron chi connectivity index (χ3n) is 3.93. The zero-order valence-electron chi connectivity index (χ0n) is 13.3. The number of rotatable bonds is 4. The second-order valence-corrected chi connectivity index (χ2v) is 5.54. The van der Waals surface area contributed by atoms with Crippen LogP contribution in [0.25, 0.3) is 0 Å². The second kappa shape index (κ2) is 7.24. The lowest BCUT2D eigenvalue weighted by molar-refractivity contribution is 0.0302. The highest BCUT2D eigenvalue weighted by Crippen LogP contribution is 2.18. The Morgan fingerprint density at radius 3 is 2.61 bits per heavy atom. The smallest absolute Gasteiger partial charge is 0.255 e. The van der Waals surface area contributed by atoms with Crippen LogP contribution in [0.2, 0.25) is 0 Å². The van der Waals surface area contributed by atoms with E-state index >= 15 is 0 Å². The van der Waals surface area contributed by atoms with E-state index in [1.807, 2.05) is 18.2 Å². The van der Waals surface area contributed by atoms with Crippen molar-refractivity contribution in [3.05, 3.63) is 53.9 Å². The first-order valence-electron chi connectivity index (χ1n) is 7.94. The number of nitrogens with zero attached hydrogens (tertiary/aromatic N) is 2. The topological polar surface area (TPSA) is 54.5 Å². The van der Waals surface area contributed by atoms with Gasteiger partial charge in [0.05, 0.1) is 30.7 Å². The van der Waals surface area contributed by atoms with Crippen LogP contribution in [-0.4, -0.2) is 42.1 Å². The van der Waals surface area contributed by atoms with Gasteiger partial charge in [0.1, 0.15) is 0 Å². The molecule has 3 rings (SSSR count). The number of ether oxygens (including phenoxy) is 1. The highest BCUT2D eigenvalue weighted by atomic mass is 16.5. The van der Waals surface area contributed by atoms with Crippen molar-refractivity contribution >= 4 is 17.3 Å². The molecular formula is C18H21N3O2. The Bertz CT molecular complexity index is 664. The molecule has 1 aromatic heterocycles. The van der Waals surface area contributed by atoms with Crippen LogP contribution in [0, 0.1) is 0 Å². The predicted octanol–water partition coefficient (Wildman–Crippen LogP) is 2.86. The van der Waals surface area contributed by atoms with E-state index < -0.39 is 0 Å². The van der Waals surface area contributed by atoms with Gasteiger partial charge in [-0.05, 0) is 30.2 Å².